The van der Waals surface area contributed by atoms with Crippen molar-refractivity contribution in [1.82, 2.24) is 9.88 Å². The van der Waals surface area contributed by atoms with Gasteiger partial charge in [0.25, 0.3) is 5.91 Å². The Morgan fingerprint density at radius 2 is 1.76 bits per heavy atom. The van der Waals surface area contributed by atoms with Crippen molar-refractivity contribution in [2.24, 2.45) is 0 Å². The number of Topliss-reactive ketones (excluding diaryl/α,β-unsaturated/α-hetero) is 1. The summed E-state index contributed by atoms with van der Waals surface area (Å²) < 4.78 is 7.07. The first kappa shape index (κ1) is 16.9. The molecular weight excluding hydrogens is 316 g/mol. The lowest BCUT2D eigenvalue weighted by Gasteiger charge is -2.10. The summed E-state index contributed by atoms with van der Waals surface area (Å²) in [5, 5.41) is 3.71. The molecule has 25 heavy (non-hydrogen) atoms. The number of ketones is 1. The summed E-state index contributed by atoms with van der Waals surface area (Å²) in [6.07, 6.45) is 0. The largest absolute Gasteiger partial charge is 0.383 e. The molecule has 0 radical (unpaired) electrons. The van der Waals surface area contributed by atoms with Crippen molar-refractivity contribution < 1.29 is 14.3 Å². The molecule has 1 N–H and O–H groups in total. The Bertz CT molecular complexity index is 884. The second-order valence-corrected chi connectivity index (χ2v) is 5.70. The molecule has 1 heterocycles. The predicted octanol–water partition coefficient (Wildman–Crippen LogP) is 2.90. The third kappa shape index (κ3) is 3.78. The van der Waals surface area contributed by atoms with Gasteiger partial charge in [0.15, 0.2) is 5.78 Å². The summed E-state index contributed by atoms with van der Waals surface area (Å²) >= 11 is 0. The average molecular weight is 336 g/mol. The molecule has 0 aliphatic heterocycles. The fourth-order valence-electron chi connectivity index (χ4n) is 2.80. The molecule has 3 aromatic rings. The lowest BCUT2D eigenvalue weighted by Crippen LogP contribution is -2.31. The van der Waals surface area contributed by atoms with Crippen LogP contribution in [0.25, 0.3) is 10.9 Å². The number of methoxy groups -OCH3 is 1. The van der Waals surface area contributed by atoms with E-state index in [2.05, 4.69) is 5.32 Å². The zero-order chi connectivity index (χ0) is 17.6. The SMILES string of the molecule is COCCn1c(C(=O)NCC(=O)c2ccccc2)cc2ccccc21. The van der Waals surface area contributed by atoms with Crippen molar-refractivity contribution in [1.29, 1.82) is 0 Å². The van der Waals surface area contributed by atoms with E-state index in [4.69, 9.17) is 4.74 Å². The molecule has 0 saturated carbocycles. The van der Waals surface area contributed by atoms with Crippen LogP contribution in [0.4, 0.5) is 0 Å². The van der Waals surface area contributed by atoms with Crippen molar-refractivity contribution in [3.63, 3.8) is 0 Å². The summed E-state index contributed by atoms with van der Waals surface area (Å²) in [6.45, 7) is 1.04. The van der Waals surface area contributed by atoms with Gasteiger partial charge < -0.3 is 14.6 Å². The Morgan fingerprint density at radius 3 is 2.52 bits per heavy atom. The number of carbonyl (C=O) groups excluding carboxylic acids is 2. The fourth-order valence-corrected chi connectivity index (χ4v) is 2.80. The third-order valence-corrected chi connectivity index (χ3v) is 4.07. The van der Waals surface area contributed by atoms with Crippen LogP contribution < -0.4 is 5.32 Å². The maximum Gasteiger partial charge on any atom is 0.268 e. The number of carbonyl (C=O) groups is 2. The highest BCUT2D eigenvalue weighted by Gasteiger charge is 2.16. The first-order valence-corrected chi connectivity index (χ1v) is 8.14. The highest BCUT2D eigenvalue weighted by molar-refractivity contribution is 6.03. The van der Waals surface area contributed by atoms with E-state index >= 15 is 0 Å². The molecule has 128 valence electrons. The molecule has 1 aromatic heterocycles. The molecular formula is C20H20N2O3. The van der Waals surface area contributed by atoms with E-state index in [0.29, 0.717) is 24.4 Å². The zero-order valence-corrected chi connectivity index (χ0v) is 14.1. The van der Waals surface area contributed by atoms with Gasteiger partial charge in [0, 0.05) is 30.1 Å². The molecule has 0 unspecified atom stereocenters. The standard InChI is InChI=1S/C20H20N2O3/c1-25-12-11-22-17-10-6-5-9-16(17)13-18(22)20(24)21-14-19(23)15-7-3-2-4-8-15/h2-10,13H,11-12,14H2,1H3,(H,21,24). The van der Waals surface area contributed by atoms with Gasteiger partial charge >= 0.3 is 0 Å². The number of ether oxygens (including phenoxy) is 1. The number of aromatic nitrogens is 1. The van der Waals surface area contributed by atoms with Crippen LogP contribution in [0, 0.1) is 0 Å². The molecule has 0 aliphatic rings. The summed E-state index contributed by atoms with van der Waals surface area (Å²) in [4.78, 5) is 24.8. The second kappa shape index (κ2) is 7.77. The topological polar surface area (TPSA) is 60.3 Å². The van der Waals surface area contributed by atoms with Gasteiger partial charge in [-0.1, -0.05) is 48.5 Å². The van der Waals surface area contributed by atoms with E-state index in [1.54, 1.807) is 31.4 Å². The van der Waals surface area contributed by atoms with Crippen molar-refractivity contribution in [2.45, 2.75) is 6.54 Å². The molecule has 0 saturated heterocycles. The van der Waals surface area contributed by atoms with Gasteiger partial charge in [-0.3, -0.25) is 9.59 Å². The molecule has 0 fully saturated rings. The van der Waals surface area contributed by atoms with E-state index in [1.165, 1.54) is 0 Å². The van der Waals surface area contributed by atoms with Crippen LogP contribution in [0.3, 0.4) is 0 Å². The molecule has 2 aromatic carbocycles. The molecule has 0 atom stereocenters. The van der Waals surface area contributed by atoms with Crippen LogP contribution in [0.5, 0.6) is 0 Å². The quantitative estimate of drug-likeness (QED) is 0.675. The van der Waals surface area contributed by atoms with Crippen molar-refractivity contribution in [3.05, 3.63) is 71.9 Å². The number of nitrogens with one attached hydrogen (secondary N) is 1. The number of benzene rings is 2. The Labute approximate surface area is 146 Å². The van der Waals surface area contributed by atoms with Crippen molar-refractivity contribution >= 4 is 22.6 Å². The first-order chi connectivity index (χ1) is 12.2. The summed E-state index contributed by atoms with van der Waals surface area (Å²) in [5.74, 6) is -0.384. The number of fused-ring (bicyclic) bond motifs is 1. The zero-order valence-electron chi connectivity index (χ0n) is 14.1. The Kier molecular flexibility index (Phi) is 5.26. The van der Waals surface area contributed by atoms with Crippen LogP contribution in [0.2, 0.25) is 0 Å². The number of rotatable bonds is 7. The van der Waals surface area contributed by atoms with E-state index in [1.807, 2.05) is 41.0 Å². The van der Waals surface area contributed by atoms with Crippen LogP contribution in [-0.2, 0) is 11.3 Å². The normalized spacial score (nSPS) is 10.8. The van der Waals surface area contributed by atoms with Gasteiger partial charge in [-0.15, -0.1) is 0 Å². The molecule has 5 nitrogen and oxygen atoms in total. The lowest BCUT2D eigenvalue weighted by atomic mass is 10.1. The van der Waals surface area contributed by atoms with Gasteiger partial charge in [0.05, 0.1) is 13.2 Å². The Morgan fingerprint density at radius 1 is 1.04 bits per heavy atom. The van der Waals surface area contributed by atoms with Crippen molar-refractivity contribution in [3.8, 4) is 0 Å². The number of amides is 1. The maximum atomic E-state index is 12.6. The highest BCUT2D eigenvalue weighted by Crippen LogP contribution is 2.19. The van der Waals surface area contributed by atoms with Gasteiger partial charge in [0.2, 0.25) is 0 Å². The van der Waals surface area contributed by atoms with Crippen LogP contribution in [0.1, 0.15) is 20.8 Å². The number of hydrogen-bond acceptors (Lipinski definition) is 3. The second-order valence-electron chi connectivity index (χ2n) is 5.70. The summed E-state index contributed by atoms with van der Waals surface area (Å²) in [6, 6.07) is 18.6. The van der Waals surface area contributed by atoms with E-state index < -0.39 is 0 Å². The highest BCUT2D eigenvalue weighted by atomic mass is 16.5. The fraction of sp³-hybridized carbons (Fsp3) is 0.200. The van der Waals surface area contributed by atoms with Gasteiger partial charge in [-0.25, -0.2) is 0 Å². The third-order valence-electron chi connectivity index (χ3n) is 4.07. The number of nitrogens with zero attached hydrogens (tertiary/aromatic N) is 1. The minimum Gasteiger partial charge on any atom is -0.383 e. The Balaban J connectivity index is 1.78. The molecule has 1 amide bonds. The smallest absolute Gasteiger partial charge is 0.268 e. The predicted molar refractivity (Wildman–Crippen MR) is 96.9 cm³/mol. The molecule has 0 bridgehead atoms. The van der Waals surface area contributed by atoms with Crippen LogP contribution in [0.15, 0.2) is 60.7 Å². The molecule has 0 aliphatic carbocycles. The molecule has 5 heteroatoms. The van der Waals surface area contributed by atoms with Gasteiger partial charge in [0.1, 0.15) is 5.69 Å². The first-order valence-electron chi connectivity index (χ1n) is 8.14. The monoisotopic (exact) mass is 336 g/mol. The number of para-hydroxylation sites is 1. The van der Waals surface area contributed by atoms with Crippen molar-refractivity contribution in [2.75, 3.05) is 20.3 Å². The minimum atomic E-state index is -0.267. The summed E-state index contributed by atoms with van der Waals surface area (Å²) in [7, 11) is 1.63. The van der Waals surface area contributed by atoms with Crippen LogP contribution >= 0.6 is 0 Å². The number of hydrogen-bond donors (Lipinski definition) is 1. The molecule has 0 spiro atoms. The van der Waals surface area contributed by atoms with E-state index in [9.17, 15) is 9.59 Å². The van der Waals surface area contributed by atoms with Gasteiger partial charge in [-0.2, -0.15) is 0 Å². The average Bonchev–Trinajstić information content (AvgIpc) is 3.03. The Hall–Kier alpha value is -2.92. The molecule has 3 rings (SSSR count). The van der Waals surface area contributed by atoms with E-state index in [0.717, 1.165) is 10.9 Å². The summed E-state index contributed by atoms with van der Waals surface area (Å²) in [5.41, 5.74) is 2.08. The van der Waals surface area contributed by atoms with Gasteiger partial charge in [-0.05, 0) is 12.1 Å². The van der Waals surface area contributed by atoms with Crippen LogP contribution in [-0.4, -0.2) is 36.5 Å². The van der Waals surface area contributed by atoms with E-state index in [-0.39, 0.29) is 18.2 Å². The minimum absolute atomic E-state index is 0.0331. The lowest BCUT2D eigenvalue weighted by molar-refractivity contribution is 0.0896. The maximum absolute atomic E-state index is 12.6.